The number of ether oxygens (including phenoxy) is 1. The first-order valence-corrected chi connectivity index (χ1v) is 14.2. The third-order valence-corrected chi connectivity index (χ3v) is 9.55. The number of hydrogen-bond acceptors (Lipinski definition) is 6. The van der Waals surface area contributed by atoms with Crippen molar-refractivity contribution < 1.29 is 14.3 Å². The predicted molar refractivity (Wildman–Crippen MR) is 149 cm³/mol. The van der Waals surface area contributed by atoms with Gasteiger partial charge in [-0.25, -0.2) is 4.90 Å². The van der Waals surface area contributed by atoms with Gasteiger partial charge in [0.2, 0.25) is 11.8 Å². The normalized spacial score (nSPS) is 20.6. The maximum Gasteiger partial charge on any atom is 0.305 e. The molecule has 6 nitrogen and oxygen atoms in total. The predicted octanol–water partition coefficient (Wildman–Crippen LogP) is 5.88. The minimum absolute atomic E-state index is 0.209. The van der Waals surface area contributed by atoms with E-state index in [4.69, 9.17) is 4.74 Å². The second-order valence-corrected chi connectivity index (χ2v) is 12.1. The molecule has 3 atom stereocenters. The molecule has 3 heterocycles. The number of fused-ring (bicyclic) bond motifs is 2. The molecule has 2 aliphatic heterocycles. The lowest BCUT2D eigenvalue weighted by molar-refractivity contribution is -0.122. The van der Waals surface area contributed by atoms with Gasteiger partial charge in [-0.1, -0.05) is 87.1 Å². The molecule has 0 unspecified atom stereocenters. The summed E-state index contributed by atoms with van der Waals surface area (Å²) >= 11 is 5.93. The van der Waals surface area contributed by atoms with Crippen molar-refractivity contribution in [3.05, 3.63) is 109 Å². The third kappa shape index (κ3) is 4.35. The summed E-state index contributed by atoms with van der Waals surface area (Å²) in [6, 6.07) is 22.8. The number of imide groups is 1. The molecule has 0 aliphatic carbocycles. The van der Waals surface area contributed by atoms with Gasteiger partial charge < -0.3 is 9.72 Å². The number of carbonyl (C=O) groups is 2. The molecule has 0 spiro atoms. The smallest absolute Gasteiger partial charge is 0.305 e. The fourth-order valence-corrected chi connectivity index (χ4v) is 7.81. The highest BCUT2D eigenvalue weighted by atomic mass is 79.9. The van der Waals surface area contributed by atoms with Crippen LogP contribution in [-0.4, -0.2) is 22.0 Å². The van der Waals surface area contributed by atoms with Crippen LogP contribution in [0.5, 0.6) is 5.75 Å². The van der Waals surface area contributed by atoms with Gasteiger partial charge in [-0.15, -0.1) is 0 Å². The number of nitrogens with zero attached hydrogens (tertiary/aromatic N) is 1. The summed E-state index contributed by atoms with van der Waals surface area (Å²) in [5, 5.41) is -0.0128. The molecule has 1 saturated heterocycles. The minimum Gasteiger partial charge on any atom is -0.489 e. The van der Waals surface area contributed by atoms with Crippen molar-refractivity contribution in [2.24, 2.45) is 5.92 Å². The molecule has 0 radical (unpaired) electrons. The van der Waals surface area contributed by atoms with E-state index in [0.717, 1.165) is 31.8 Å². The number of hydrogen-bond donors (Lipinski definition) is 1. The van der Waals surface area contributed by atoms with E-state index in [1.807, 2.05) is 67.6 Å². The molecule has 0 bridgehead atoms. The highest BCUT2D eigenvalue weighted by Gasteiger charge is 2.56. The van der Waals surface area contributed by atoms with Gasteiger partial charge >= 0.3 is 4.87 Å². The van der Waals surface area contributed by atoms with Gasteiger partial charge in [-0.2, -0.15) is 0 Å². The summed E-state index contributed by atoms with van der Waals surface area (Å²) in [6.45, 7) is 2.39. The molecule has 0 saturated carbocycles. The van der Waals surface area contributed by atoms with Crippen molar-refractivity contribution in [1.29, 1.82) is 0 Å². The Hall–Kier alpha value is -3.14. The first kappa shape index (κ1) is 24.2. The Morgan fingerprint density at radius 3 is 2.49 bits per heavy atom. The van der Waals surface area contributed by atoms with Gasteiger partial charge in [-0.3, -0.25) is 14.4 Å². The van der Waals surface area contributed by atoms with Crippen LogP contribution < -0.4 is 14.5 Å². The molecule has 186 valence electrons. The number of benzene rings is 3. The highest BCUT2D eigenvalue weighted by molar-refractivity contribution is 9.10. The minimum atomic E-state index is -0.673. The maximum absolute atomic E-state index is 13.9. The van der Waals surface area contributed by atoms with Crippen LogP contribution >= 0.6 is 39.0 Å². The first-order chi connectivity index (χ1) is 17.9. The average molecular weight is 594 g/mol. The first-order valence-electron chi connectivity index (χ1n) is 11.7. The van der Waals surface area contributed by atoms with E-state index in [2.05, 4.69) is 20.9 Å². The topological polar surface area (TPSA) is 79.5 Å². The van der Waals surface area contributed by atoms with Crippen molar-refractivity contribution in [1.82, 2.24) is 4.98 Å². The number of rotatable bonds is 5. The summed E-state index contributed by atoms with van der Waals surface area (Å²) in [6.07, 6.45) is 0. The molecule has 4 aromatic rings. The molecule has 3 aromatic carbocycles. The molecule has 1 N–H and O–H groups in total. The van der Waals surface area contributed by atoms with Crippen molar-refractivity contribution in [3.63, 3.8) is 0 Å². The van der Waals surface area contributed by atoms with Crippen molar-refractivity contribution in [2.75, 3.05) is 4.90 Å². The van der Waals surface area contributed by atoms with Crippen molar-refractivity contribution >= 4 is 56.5 Å². The number of nitrogens with one attached hydrogen (secondary N) is 1. The molecular formula is C28H21BrN2O4S2. The van der Waals surface area contributed by atoms with Crippen LogP contribution in [0.3, 0.4) is 0 Å². The van der Waals surface area contributed by atoms with Gasteiger partial charge in [0, 0.05) is 20.8 Å². The molecule has 6 rings (SSSR count). The Kier molecular flexibility index (Phi) is 6.30. The Balaban J connectivity index is 1.44. The quantitative estimate of drug-likeness (QED) is 0.293. The fraction of sp³-hybridized carbons (Fsp3) is 0.179. The van der Waals surface area contributed by atoms with E-state index >= 15 is 0 Å². The Bertz CT molecular complexity index is 1570. The van der Waals surface area contributed by atoms with E-state index < -0.39 is 17.1 Å². The molecule has 9 heteroatoms. The molecule has 2 amide bonds. The zero-order valence-corrected chi connectivity index (χ0v) is 22.9. The lowest BCUT2D eigenvalue weighted by Crippen LogP contribution is -2.32. The molecule has 1 fully saturated rings. The Morgan fingerprint density at radius 1 is 0.973 bits per heavy atom. The van der Waals surface area contributed by atoms with E-state index in [0.29, 0.717) is 23.1 Å². The number of para-hydroxylation sites is 1. The summed E-state index contributed by atoms with van der Waals surface area (Å²) < 4.78 is 7.11. The lowest BCUT2D eigenvalue weighted by atomic mass is 9.82. The van der Waals surface area contributed by atoms with Crippen molar-refractivity contribution in [2.45, 2.75) is 29.7 Å². The standard InChI is InChI=1S/C28H21BrN2O4S2/c1-15-7-9-16(10-8-15)14-35-20-12-11-17(29)13-19(20)21-22-24(36-25-23(21)37-28(34)30-25)27(33)31(26(22)32)18-5-3-2-4-6-18/h2-13,21-22,24H,14H2,1H3,(H,30,34)/t21-,22-,24+/m0/s1. The van der Waals surface area contributed by atoms with E-state index in [1.54, 1.807) is 12.1 Å². The lowest BCUT2D eigenvalue weighted by Gasteiger charge is -2.31. The molecule has 1 aromatic heterocycles. The van der Waals surface area contributed by atoms with Crippen molar-refractivity contribution in [3.8, 4) is 5.75 Å². The zero-order chi connectivity index (χ0) is 25.7. The number of anilines is 1. The number of amides is 2. The second-order valence-electron chi connectivity index (χ2n) is 9.05. The van der Waals surface area contributed by atoms with Crippen LogP contribution in [0.2, 0.25) is 0 Å². The van der Waals surface area contributed by atoms with Gasteiger partial charge in [0.15, 0.2) is 0 Å². The number of halogens is 1. The largest absolute Gasteiger partial charge is 0.489 e. The number of aryl methyl sites for hydroxylation is 1. The van der Waals surface area contributed by atoms with Crippen LogP contribution in [-0.2, 0) is 16.2 Å². The number of aromatic nitrogens is 1. The molecular weight excluding hydrogens is 572 g/mol. The fourth-order valence-electron chi connectivity index (χ4n) is 4.92. The van der Waals surface area contributed by atoms with Gasteiger partial charge in [0.1, 0.15) is 17.6 Å². The number of aromatic amines is 1. The van der Waals surface area contributed by atoms with Crippen LogP contribution in [0.4, 0.5) is 5.69 Å². The van der Waals surface area contributed by atoms with E-state index in [1.165, 1.54) is 22.2 Å². The number of thioether (sulfide) groups is 1. The van der Waals surface area contributed by atoms with Gasteiger partial charge in [-0.05, 0) is 42.8 Å². The molecule has 37 heavy (non-hydrogen) atoms. The maximum atomic E-state index is 13.9. The zero-order valence-electron chi connectivity index (χ0n) is 19.6. The van der Waals surface area contributed by atoms with Gasteiger partial charge in [0.05, 0.1) is 16.6 Å². The van der Waals surface area contributed by atoms with Crippen LogP contribution in [0, 0.1) is 12.8 Å². The van der Waals surface area contributed by atoms with E-state index in [9.17, 15) is 14.4 Å². The van der Waals surface area contributed by atoms with Crippen LogP contribution in [0.1, 0.15) is 27.5 Å². The van der Waals surface area contributed by atoms with Crippen LogP contribution in [0.15, 0.2) is 87.1 Å². The monoisotopic (exact) mass is 592 g/mol. The SMILES string of the molecule is Cc1ccc(COc2ccc(Br)cc2[C@@H]2c3sc(=O)[nH]c3S[C@H]3C(=O)N(c4ccccc4)C(=O)[C@@H]23)cc1. The highest BCUT2D eigenvalue weighted by Crippen LogP contribution is 2.54. The average Bonchev–Trinajstić information content (AvgIpc) is 3.39. The Morgan fingerprint density at radius 2 is 1.73 bits per heavy atom. The van der Waals surface area contributed by atoms with E-state index in [-0.39, 0.29) is 16.7 Å². The number of carbonyl (C=O) groups excluding carboxylic acids is 2. The molecule has 2 aliphatic rings. The summed E-state index contributed by atoms with van der Waals surface area (Å²) in [7, 11) is 0. The Labute approximate surface area is 229 Å². The summed E-state index contributed by atoms with van der Waals surface area (Å²) in [4.78, 5) is 44.6. The number of thiazole rings is 1. The third-order valence-electron chi connectivity index (χ3n) is 6.66. The number of H-pyrrole nitrogens is 1. The second kappa shape index (κ2) is 9.63. The van der Waals surface area contributed by atoms with Crippen LogP contribution in [0.25, 0.3) is 0 Å². The summed E-state index contributed by atoms with van der Waals surface area (Å²) in [5.74, 6) is -1.11. The summed E-state index contributed by atoms with van der Waals surface area (Å²) in [5.41, 5.74) is 3.50. The van der Waals surface area contributed by atoms with Gasteiger partial charge in [0.25, 0.3) is 0 Å².